The summed E-state index contributed by atoms with van der Waals surface area (Å²) in [5, 5.41) is 96.3. The van der Waals surface area contributed by atoms with Crippen molar-refractivity contribution in [2.75, 3.05) is 6.61 Å². The van der Waals surface area contributed by atoms with Gasteiger partial charge in [0.15, 0.2) is 12.4 Å². The molecule has 0 bridgehead atoms. The van der Waals surface area contributed by atoms with Crippen LogP contribution in [0.15, 0.2) is 24.3 Å². The largest absolute Gasteiger partial charge is 0.458 e. The van der Waals surface area contributed by atoms with Crippen LogP contribution in [0, 0.1) is 73.9 Å². The summed E-state index contributed by atoms with van der Waals surface area (Å²) in [6.07, 6.45) is -4.11. The molecule has 5 aliphatic carbocycles. The molecule has 16 nitrogen and oxygen atoms in total. The molecule has 75 heavy (non-hydrogen) atoms. The molecule has 0 aromatic heterocycles. The second-order valence-corrected chi connectivity index (χ2v) is 25.6. The van der Waals surface area contributed by atoms with Gasteiger partial charge in [0.1, 0.15) is 61.0 Å². The van der Waals surface area contributed by atoms with Crippen LogP contribution in [-0.2, 0) is 33.3 Å². The molecule has 9 N–H and O–H groups in total. The van der Waals surface area contributed by atoms with E-state index in [-0.39, 0.29) is 45.8 Å². The monoisotopic (exact) mass is 1050 g/mol. The molecule has 7 aliphatic rings. The Kier molecular flexibility index (Phi) is 18.6. The predicted molar refractivity (Wildman–Crippen MR) is 276 cm³/mol. The fourth-order valence-electron chi connectivity index (χ4n) is 15.5. The first-order chi connectivity index (χ1) is 35.3. The SMILES string of the molecule is C=C[C@H](O)C#CC#CC[C@H](O)[C@H](CCCCCCC)OC(=O)[C@H]1O[C@@H](O[C@H]2CC[C@]3(C)[C@H]4CC=C5[C@@H]6CC(C)(C)CC[C@]6(C(=O)O[C@@H]6O[C@H](CO)[C@@H](O)[C@H](O)[C@H]6O)CC[C@@]5(C)[C@]4(C)CC[C@H]3C2(C)C)[C@H](O)[C@@H](O)[C@@H]1O. The van der Waals surface area contributed by atoms with Crippen molar-refractivity contribution < 1.29 is 79.2 Å². The van der Waals surface area contributed by atoms with E-state index in [1.54, 1.807) is 0 Å². The van der Waals surface area contributed by atoms with Gasteiger partial charge in [0.2, 0.25) is 6.29 Å². The first-order valence-corrected chi connectivity index (χ1v) is 28.0. The number of esters is 2. The zero-order valence-electron chi connectivity index (χ0n) is 45.8. The van der Waals surface area contributed by atoms with Gasteiger partial charge in [-0.15, -0.1) is 0 Å². The van der Waals surface area contributed by atoms with Crippen LogP contribution in [-0.4, -0.2) is 150 Å². The Labute approximate surface area is 445 Å². The Morgan fingerprint density at radius 1 is 0.800 bits per heavy atom. The highest BCUT2D eigenvalue weighted by Crippen LogP contribution is 2.76. The molecule has 0 aromatic carbocycles. The lowest BCUT2D eigenvalue weighted by molar-refractivity contribution is -0.325. The Bertz CT molecular complexity index is 2190. The van der Waals surface area contributed by atoms with Crippen LogP contribution in [0.5, 0.6) is 0 Å². The Morgan fingerprint density at radius 3 is 2.17 bits per heavy atom. The number of aliphatic hydroxyl groups excluding tert-OH is 9. The van der Waals surface area contributed by atoms with Gasteiger partial charge in [0.05, 0.1) is 18.1 Å². The molecule has 4 saturated carbocycles. The van der Waals surface area contributed by atoms with E-state index in [0.29, 0.717) is 32.1 Å². The molecule has 7 rings (SSSR count). The topological polar surface area (TPSA) is 262 Å². The second-order valence-electron chi connectivity index (χ2n) is 25.6. The molecule has 2 saturated heterocycles. The minimum absolute atomic E-state index is 0.0625. The van der Waals surface area contributed by atoms with E-state index in [1.165, 1.54) is 11.6 Å². The maximum Gasteiger partial charge on any atom is 0.338 e. The molecule has 0 radical (unpaired) electrons. The van der Waals surface area contributed by atoms with E-state index < -0.39 is 115 Å². The third kappa shape index (κ3) is 11.3. The number of carbonyl (C=O) groups excluding carboxylic acids is 2. The van der Waals surface area contributed by atoms with Gasteiger partial charge in [-0.1, -0.05) is 117 Å². The van der Waals surface area contributed by atoms with Crippen LogP contribution >= 0.6 is 0 Å². The lowest BCUT2D eigenvalue weighted by atomic mass is 9.33. The van der Waals surface area contributed by atoms with Gasteiger partial charge >= 0.3 is 11.9 Å². The normalized spacial score (nSPS) is 42.9. The van der Waals surface area contributed by atoms with E-state index >= 15 is 0 Å². The van der Waals surface area contributed by atoms with Gasteiger partial charge in [-0.3, -0.25) is 4.79 Å². The lowest BCUT2D eigenvalue weighted by Crippen LogP contribution is -2.66. The van der Waals surface area contributed by atoms with E-state index in [4.69, 9.17) is 23.7 Å². The first kappa shape index (κ1) is 59.7. The minimum Gasteiger partial charge on any atom is -0.458 e. The van der Waals surface area contributed by atoms with Crippen molar-refractivity contribution in [1.82, 2.24) is 0 Å². The van der Waals surface area contributed by atoms with E-state index in [0.717, 1.165) is 70.6 Å². The molecule has 422 valence electrons. The van der Waals surface area contributed by atoms with E-state index in [9.17, 15) is 55.5 Å². The number of ether oxygens (including phenoxy) is 5. The number of allylic oxidation sites excluding steroid dienone is 2. The molecular formula is C59H90O16. The standard InChI is InChI=1S/C59H90O16/c1-10-12-13-14-18-21-38(37(62)20-17-15-16-19-34(61)11-2)71-50(69)49-46(66)45(65)48(68)52(74-49)73-42-25-26-56(7)40(55(42,5)6)24-27-58(9)41(56)23-22-35-36-32-54(3,4)28-30-59(36,31-29-57(35,58)8)53(70)75-51-47(67)44(64)43(63)39(33-60)72-51/h11,22,34,36-49,51-52,60-68H,2,10,12-14,18,20-21,23-33H2,1,3-9H3/t34-,36-,37-,38-,39+,40-,41+,42-,43+,44-,45-,46-,47+,48+,49-,51-,52+,56-,57+,58+,59-/m0/s1. The number of hydrogen-bond acceptors (Lipinski definition) is 16. The summed E-state index contributed by atoms with van der Waals surface area (Å²) in [6, 6.07) is 0. The van der Waals surface area contributed by atoms with Gasteiger partial charge in [0.25, 0.3) is 0 Å². The zero-order chi connectivity index (χ0) is 55.1. The zero-order valence-corrected chi connectivity index (χ0v) is 45.8. The number of carbonyl (C=O) groups is 2. The molecule has 0 unspecified atom stereocenters. The third-order valence-electron chi connectivity index (χ3n) is 20.3. The minimum atomic E-state index is -1.84. The highest BCUT2D eigenvalue weighted by atomic mass is 16.7. The van der Waals surface area contributed by atoms with Gasteiger partial charge in [0, 0.05) is 6.42 Å². The number of aliphatic hydroxyl groups is 9. The fraction of sp³-hybridized carbons (Fsp3) is 0.831. The van der Waals surface area contributed by atoms with Crippen molar-refractivity contribution in [3.8, 4) is 23.7 Å². The maximum absolute atomic E-state index is 14.7. The van der Waals surface area contributed by atoms with Crippen LogP contribution in [0.4, 0.5) is 0 Å². The molecule has 0 amide bonds. The quantitative estimate of drug-likeness (QED) is 0.0327. The number of hydrogen-bond donors (Lipinski definition) is 9. The second kappa shape index (κ2) is 23.4. The van der Waals surface area contributed by atoms with Gasteiger partial charge in [-0.25, -0.2) is 4.79 Å². The van der Waals surface area contributed by atoms with Crippen molar-refractivity contribution in [3.05, 3.63) is 24.3 Å². The van der Waals surface area contributed by atoms with Crippen molar-refractivity contribution in [3.63, 3.8) is 0 Å². The number of rotatable bonds is 16. The Balaban J connectivity index is 1.07. The summed E-state index contributed by atoms with van der Waals surface area (Å²) in [7, 11) is 0. The lowest BCUT2D eigenvalue weighted by Gasteiger charge is -2.71. The van der Waals surface area contributed by atoms with Crippen LogP contribution in [0.2, 0.25) is 0 Å². The summed E-state index contributed by atoms with van der Waals surface area (Å²) in [5.74, 6) is 9.11. The molecule has 0 spiro atoms. The summed E-state index contributed by atoms with van der Waals surface area (Å²) < 4.78 is 30.4. The average molecular weight is 1060 g/mol. The molecule has 2 aliphatic heterocycles. The Morgan fingerprint density at radius 2 is 1.48 bits per heavy atom. The molecule has 0 aromatic rings. The highest BCUT2D eigenvalue weighted by molar-refractivity contribution is 5.79. The maximum atomic E-state index is 14.7. The van der Waals surface area contributed by atoms with Crippen molar-refractivity contribution in [1.29, 1.82) is 0 Å². The van der Waals surface area contributed by atoms with Crippen molar-refractivity contribution >= 4 is 11.9 Å². The van der Waals surface area contributed by atoms with E-state index in [2.05, 4.69) is 91.7 Å². The first-order valence-electron chi connectivity index (χ1n) is 28.0. The predicted octanol–water partition coefficient (Wildman–Crippen LogP) is 4.90. The molecule has 6 fully saturated rings. The van der Waals surface area contributed by atoms with E-state index in [1.807, 2.05) is 0 Å². The molecule has 2 heterocycles. The van der Waals surface area contributed by atoms with Crippen molar-refractivity contribution in [2.45, 2.75) is 250 Å². The average Bonchev–Trinajstić information content (AvgIpc) is 3.36. The number of fused-ring (bicyclic) bond motifs is 7. The highest BCUT2D eigenvalue weighted by Gasteiger charge is 2.70. The van der Waals surface area contributed by atoms with Gasteiger partial charge < -0.3 is 69.6 Å². The van der Waals surface area contributed by atoms with Crippen LogP contribution < -0.4 is 0 Å². The fourth-order valence-corrected chi connectivity index (χ4v) is 15.5. The molecule has 21 atom stereocenters. The van der Waals surface area contributed by atoms with Crippen LogP contribution in [0.25, 0.3) is 0 Å². The van der Waals surface area contributed by atoms with Crippen molar-refractivity contribution in [2.24, 2.45) is 50.2 Å². The van der Waals surface area contributed by atoms with Crippen LogP contribution in [0.3, 0.4) is 0 Å². The summed E-state index contributed by atoms with van der Waals surface area (Å²) in [4.78, 5) is 28.7. The van der Waals surface area contributed by atoms with Gasteiger partial charge in [-0.05, 0) is 134 Å². The Hall–Kier alpha value is -2.94. The molecular weight excluding hydrogens is 965 g/mol. The van der Waals surface area contributed by atoms with Gasteiger partial charge in [-0.2, -0.15) is 0 Å². The smallest absolute Gasteiger partial charge is 0.338 e. The summed E-state index contributed by atoms with van der Waals surface area (Å²) >= 11 is 0. The third-order valence-corrected chi connectivity index (χ3v) is 20.3. The number of unbranched alkanes of at least 4 members (excludes halogenated alkanes) is 4. The molecule has 16 heteroatoms. The summed E-state index contributed by atoms with van der Waals surface area (Å²) in [5.41, 5.74) is -0.740. The van der Waals surface area contributed by atoms with Crippen LogP contribution in [0.1, 0.15) is 165 Å². The summed E-state index contributed by atoms with van der Waals surface area (Å²) in [6.45, 7) is 21.1.